The summed E-state index contributed by atoms with van der Waals surface area (Å²) in [5, 5.41) is 33.6. The lowest BCUT2D eigenvalue weighted by Crippen LogP contribution is -2.71. The van der Waals surface area contributed by atoms with Gasteiger partial charge in [0.05, 0.1) is 18.3 Å². The lowest BCUT2D eigenvalue weighted by Gasteiger charge is -2.54. The Morgan fingerprint density at radius 1 is 1.24 bits per heavy atom. The zero-order chi connectivity index (χ0) is 27.4. The average molecular weight is 628 g/mol. The van der Waals surface area contributed by atoms with Crippen LogP contribution in [-0.4, -0.2) is 88.7 Å². The van der Waals surface area contributed by atoms with Crippen molar-refractivity contribution in [1.82, 2.24) is 4.90 Å². The number of ketones is 2. The van der Waals surface area contributed by atoms with Crippen LogP contribution in [0.1, 0.15) is 29.3 Å². The van der Waals surface area contributed by atoms with Crippen molar-refractivity contribution in [3.63, 3.8) is 0 Å². The van der Waals surface area contributed by atoms with Crippen molar-refractivity contribution in [3.05, 3.63) is 38.2 Å². The topological polar surface area (TPSA) is 177 Å². The standard InChI is InChI=1S/C25H29IN2O9/c1-4-36-15(30)9-37-21-18(24(27)34)23(33)25(35)12(19(21)28(2)3)8-10-7-11-13(26)5-6-14(29)17(11)20(31)16(10)22(25)32/h5-6,10,12,18-19,21,29,32,35H,4,7-9H2,1-3H3,(H2,27,34)/t10-,12-,18?,19-,21?,25-/m0/s1. The summed E-state index contributed by atoms with van der Waals surface area (Å²) in [6.07, 6.45) is -0.854. The summed E-state index contributed by atoms with van der Waals surface area (Å²) >= 11 is 2.06. The highest BCUT2D eigenvalue weighted by molar-refractivity contribution is 14.1. The molecule has 6 atom stereocenters. The minimum absolute atomic E-state index is 0.0151. The van der Waals surface area contributed by atoms with Crippen LogP contribution in [0.25, 0.3) is 0 Å². The van der Waals surface area contributed by atoms with Gasteiger partial charge in [0.2, 0.25) is 5.91 Å². The third kappa shape index (κ3) is 4.23. The summed E-state index contributed by atoms with van der Waals surface area (Å²) in [6.45, 7) is 1.18. The highest BCUT2D eigenvalue weighted by Gasteiger charge is 2.66. The van der Waals surface area contributed by atoms with E-state index in [1.165, 1.54) is 6.07 Å². The van der Waals surface area contributed by atoms with Crippen molar-refractivity contribution in [2.24, 2.45) is 23.5 Å². The van der Waals surface area contributed by atoms with Crippen LogP contribution in [-0.2, 0) is 30.3 Å². The molecule has 0 bridgehead atoms. The van der Waals surface area contributed by atoms with Gasteiger partial charge in [-0.3, -0.25) is 14.4 Å². The number of halogens is 1. The second kappa shape index (κ2) is 9.97. The molecule has 0 radical (unpaired) electrons. The molecular weight excluding hydrogens is 599 g/mol. The number of hydrogen-bond donors (Lipinski definition) is 4. The van der Waals surface area contributed by atoms with Gasteiger partial charge < -0.3 is 35.4 Å². The van der Waals surface area contributed by atoms with Crippen LogP contribution in [0.15, 0.2) is 23.5 Å². The number of amides is 1. The number of likely N-dealkylation sites (N-methyl/N-ethyl adjacent to an activating group) is 1. The predicted molar refractivity (Wildman–Crippen MR) is 137 cm³/mol. The van der Waals surface area contributed by atoms with Gasteiger partial charge in [-0.1, -0.05) is 0 Å². The van der Waals surface area contributed by atoms with E-state index in [2.05, 4.69) is 22.6 Å². The lowest BCUT2D eigenvalue weighted by atomic mass is 9.56. The van der Waals surface area contributed by atoms with Crippen LogP contribution in [0.2, 0.25) is 0 Å². The van der Waals surface area contributed by atoms with Crippen LogP contribution in [0.3, 0.4) is 0 Å². The van der Waals surface area contributed by atoms with Crippen molar-refractivity contribution in [3.8, 4) is 5.75 Å². The molecule has 0 aliphatic heterocycles. The molecule has 12 heteroatoms. The van der Waals surface area contributed by atoms with Crippen LogP contribution in [0, 0.1) is 21.3 Å². The number of aliphatic hydroxyl groups excluding tert-OH is 1. The first-order valence-electron chi connectivity index (χ1n) is 11.8. The van der Waals surface area contributed by atoms with Gasteiger partial charge in [-0.2, -0.15) is 0 Å². The molecule has 1 saturated carbocycles. The average Bonchev–Trinajstić information content (AvgIpc) is 2.81. The van der Waals surface area contributed by atoms with Crippen molar-refractivity contribution < 1.29 is 44.0 Å². The lowest BCUT2D eigenvalue weighted by molar-refractivity contribution is -0.188. The molecule has 3 aliphatic carbocycles. The number of benzene rings is 1. The van der Waals surface area contributed by atoms with Gasteiger partial charge in [0.1, 0.15) is 24.0 Å². The number of rotatable bonds is 6. The first kappa shape index (κ1) is 27.5. The molecule has 2 unspecified atom stereocenters. The number of ether oxygens (including phenoxy) is 2. The maximum atomic E-state index is 13.7. The van der Waals surface area contributed by atoms with E-state index in [-0.39, 0.29) is 36.3 Å². The third-order valence-electron chi connectivity index (χ3n) is 7.59. The normalized spacial score (nSPS) is 31.0. The van der Waals surface area contributed by atoms with Gasteiger partial charge in [-0.05, 0) is 80.1 Å². The number of phenolic OH excluding ortho intramolecular Hbond substituents is 1. The molecule has 4 rings (SSSR count). The molecule has 1 aromatic carbocycles. The minimum Gasteiger partial charge on any atom is -0.508 e. The molecule has 200 valence electrons. The Morgan fingerprint density at radius 3 is 2.51 bits per heavy atom. The molecule has 3 aliphatic rings. The summed E-state index contributed by atoms with van der Waals surface area (Å²) in [6, 6.07) is 2.20. The maximum absolute atomic E-state index is 13.7. The number of carbonyl (C=O) groups excluding carboxylic acids is 4. The number of fused-ring (bicyclic) bond motifs is 3. The quantitative estimate of drug-likeness (QED) is 0.197. The van der Waals surface area contributed by atoms with Crippen molar-refractivity contribution in [1.29, 1.82) is 0 Å². The van der Waals surface area contributed by atoms with E-state index in [1.54, 1.807) is 32.0 Å². The monoisotopic (exact) mass is 628 g/mol. The number of primary amides is 1. The molecule has 5 N–H and O–H groups in total. The van der Waals surface area contributed by atoms with E-state index >= 15 is 0 Å². The molecule has 1 aromatic rings. The zero-order valence-electron chi connectivity index (χ0n) is 20.6. The van der Waals surface area contributed by atoms with Crippen LogP contribution >= 0.6 is 22.6 Å². The Kier molecular flexibility index (Phi) is 7.40. The van der Waals surface area contributed by atoms with Crippen LogP contribution in [0.5, 0.6) is 5.75 Å². The Morgan fingerprint density at radius 2 is 1.92 bits per heavy atom. The summed E-state index contributed by atoms with van der Waals surface area (Å²) < 4.78 is 11.4. The summed E-state index contributed by atoms with van der Waals surface area (Å²) in [4.78, 5) is 53.4. The van der Waals surface area contributed by atoms with Crippen molar-refractivity contribution in [2.75, 3.05) is 27.3 Å². The van der Waals surface area contributed by atoms with Crippen LogP contribution < -0.4 is 5.73 Å². The number of aromatic hydroxyl groups is 1. The van der Waals surface area contributed by atoms with Gasteiger partial charge in [-0.15, -0.1) is 0 Å². The number of allylic oxidation sites excluding steroid dienone is 1. The number of nitrogens with two attached hydrogens (primary N) is 1. The number of Topliss-reactive ketones (excluding diaryl/α,β-unsaturated/α-hetero) is 2. The first-order chi connectivity index (χ1) is 17.4. The molecule has 1 amide bonds. The van der Waals surface area contributed by atoms with E-state index in [1.807, 2.05) is 0 Å². The Balaban J connectivity index is 1.85. The Labute approximate surface area is 226 Å². The fourth-order valence-electron chi connectivity index (χ4n) is 6.10. The largest absolute Gasteiger partial charge is 0.508 e. The van der Waals surface area contributed by atoms with Gasteiger partial charge >= 0.3 is 5.97 Å². The Hall–Kier alpha value is -2.55. The number of hydrogen-bond acceptors (Lipinski definition) is 10. The molecule has 37 heavy (non-hydrogen) atoms. The van der Waals surface area contributed by atoms with Crippen molar-refractivity contribution in [2.45, 2.75) is 37.5 Å². The van der Waals surface area contributed by atoms with E-state index in [0.29, 0.717) is 5.56 Å². The number of nitrogens with zero attached hydrogens (tertiary/aromatic N) is 1. The number of phenols is 1. The fourth-order valence-corrected chi connectivity index (χ4v) is 6.77. The highest BCUT2D eigenvalue weighted by atomic mass is 127. The first-order valence-corrected chi connectivity index (χ1v) is 12.9. The molecule has 0 aromatic heterocycles. The maximum Gasteiger partial charge on any atom is 0.332 e. The summed E-state index contributed by atoms with van der Waals surface area (Å²) in [7, 11) is 3.30. The smallest absolute Gasteiger partial charge is 0.332 e. The number of aliphatic hydroxyl groups is 2. The second-order valence-corrected chi connectivity index (χ2v) is 11.0. The molecule has 0 heterocycles. The predicted octanol–water partition coefficient (Wildman–Crippen LogP) is 0.478. The fraction of sp³-hybridized carbons (Fsp3) is 0.520. The highest BCUT2D eigenvalue weighted by Crippen LogP contribution is 2.53. The van der Waals surface area contributed by atoms with E-state index in [4.69, 9.17) is 15.2 Å². The summed E-state index contributed by atoms with van der Waals surface area (Å²) in [5.74, 6) is -8.00. The van der Waals surface area contributed by atoms with Crippen molar-refractivity contribution >= 4 is 46.0 Å². The SMILES string of the molecule is CCOC(=O)COC1C(C(N)=O)C(=O)[C@@]2(O)C(O)=C3C(=O)c4c(O)ccc(I)c4C[C@H]3C[C@H]2[C@@H]1N(C)C. The van der Waals surface area contributed by atoms with Gasteiger partial charge in [0.25, 0.3) is 0 Å². The van der Waals surface area contributed by atoms with Gasteiger partial charge in [-0.25, -0.2) is 4.79 Å². The number of carbonyl (C=O) groups is 4. The van der Waals surface area contributed by atoms with Gasteiger partial charge in [0, 0.05) is 21.1 Å². The van der Waals surface area contributed by atoms with Crippen LogP contribution in [0.4, 0.5) is 0 Å². The summed E-state index contributed by atoms with van der Waals surface area (Å²) in [5.41, 5.74) is 3.44. The molecule has 1 fully saturated rings. The van der Waals surface area contributed by atoms with E-state index in [0.717, 1.165) is 3.57 Å². The molecule has 0 saturated heterocycles. The molecular formula is C25H29IN2O9. The van der Waals surface area contributed by atoms with E-state index in [9.17, 15) is 34.5 Å². The number of esters is 1. The van der Waals surface area contributed by atoms with E-state index < -0.39 is 71.3 Å². The zero-order valence-corrected chi connectivity index (χ0v) is 22.7. The van der Waals surface area contributed by atoms with Gasteiger partial charge in [0.15, 0.2) is 17.2 Å². The third-order valence-corrected chi connectivity index (χ3v) is 8.60. The Bertz CT molecular complexity index is 1210. The minimum atomic E-state index is -2.60. The molecule has 0 spiro atoms. The second-order valence-electron chi connectivity index (χ2n) is 9.80. The molecule has 11 nitrogen and oxygen atoms in total.